The van der Waals surface area contributed by atoms with Crippen molar-refractivity contribution in [3.63, 3.8) is 0 Å². The molecule has 25 heavy (non-hydrogen) atoms. The highest BCUT2D eigenvalue weighted by Gasteiger charge is 2.37. The van der Waals surface area contributed by atoms with Crippen molar-refractivity contribution in [2.45, 2.75) is 12.8 Å². The molecule has 126 valence electrons. The number of morpholine rings is 1. The zero-order chi connectivity index (χ0) is 17.6. The second-order valence-electron chi connectivity index (χ2n) is 5.84. The maximum Gasteiger partial charge on any atom is 0.250 e. The summed E-state index contributed by atoms with van der Waals surface area (Å²) in [6, 6.07) is 6.60. The van der Waals surface area contributed by atoms with E-state index in [2.05, 4.69) is 22.3 Å². The summed E-state index contributed by atoms with van der Waals surface area (Å²) in [6.45, 7) is 3.58. The van der Waals surface area contributed by atoms with E-state index in [1.165, 1.54) is 11.3 Å². The minimum atomic E-state index is -0.376. The van der Waals surface area contributed by atoms with E-state index in [1.807, 2.05) is 17.9 Å². The quantitative estimate of drug-likeness (QED) is 0.891. The Bertz CT molecular complexity index is 1000. The Morgan fingerprint density at radius 3 is 2.92 bits per heavy atom. The Hall–Kier alpha value is -2.81. The molecule has 1 N–H and O–H groups in total. The average molecular weight is 353 g/mol. The highest BCUT2D eigenvalue weighted by atomic mass is 32.1. The van der Waals surface area contributed by atoms with Crippen LogP contribution < -0.4 is 4.74 Å². The number of nitrogens with zero attached hydrogens (tertiary/aromatic N) is 4. The number of fused-ring (bicyclic) bond motifs is 2. The van der Waals surface area contributed by atoms with Crippen LogP contribution in [0.15, 0.2) is 28.6 Å². The molecule has 0 aromatic carbocycles. The Labute approximate surface area is 148 Å². The van der Waals surface area contributed by atoms with Crippen molar-refractivity contribution in [3.05, 3.63) is 33.5 Å². The molecule has 0 radical (unpaired) electrons. The lowest BCUT2D eigenvalue weighted by Crippen LogP contribution is -2.38. The fourth-order valence-corrected chi connectivity index (χ4v) is 4.65. The summed E-state index contributed by atoms with van der Waals surface area (Å²) >= 11 is 1.49. The predicted molar refractivity (Wildman–Crippen MR) is 91.7 cm³/mol. The molecule has 4 rings (SSSR count). The van der Waals surface area contributed by atoms with Crippen molar-refractivity contribution < 1.29 is 9.47 Å². The fraction of sp³-hybridized carbons (Fsp3) is 0.353. The maximum absolute atomic E-state index is 9.83. The molecule has 8 heteroatoms. The van der Waals surface area contributed by atoms with Crippen LogP contribution in [0.1, 0.15) is 17.7 Å². The molecule has 2 aromatic heterocycles. The highest BCUT2D eigenvalue weighted by Crippen LogP contribution is 2.46. The number of ether oxygens (including phenoxy) is 2. The van der Waals surface area contributed by atoms with Gasteiger partial charge in [0, 0.05) is 17.1 Å². The van der Waals surface area contributed by atoms with Gasteiger partial charge < -0.3 is 14.4 Å². The number of aromatic amines is 1. The molecule has 1 atom stereocenters. The van der Waals surface area contributed by atoms with Crippen LogP contribution in [0.2, 0.25) is 0 Å². The van der Waals surface area contributed by atoms with Crippen LogP contribution in [0.5, 0.6) is 5.88 Å². The van der Waals surface area contributed by atoms with Crippen LogP contribution in [0, 0.1) is 22.7 Å². The maximum atomic E-state index is 9.83. The Kier molecular flexibility index (Phi) is 3.72. The largest absolute Gasteiger partial charge is 0.479 e. The molecule has 1 unspecified atom stereocenters. The van der Waals surface area contributed by atoms with Crippen LogP contribution in [0.25, 0.3) is 10.2 Å². The molecule has 2 aromatic rings. The fourth-order valence-electron chi connectivity index (χ4n) is 3.45. The van der Waals surface area contributed by atoms with E-state index in [4.69, 9.17) is 9.47 Å². The number of methoxy groups -OCH3 is 1. The first-order valence-corrected chi connectivity index (χ1v) is 8.62. The van der Waals surface area contributed by atoms with Crippen molar-refractivity contribution in [1.82, 2.24) is 15.1 Å². The lowest BCUT2D eigenvalue weighted by atomic mass is 9.84. The summed E-state index contributed by atoms with van der Waals surface area (Å²) in [5, 5.41) is 26.6. The van der Waals surface area contributed by atoms with Crippen LogP contribution in [-0.2, 0) is 4.74 Å². The minimum Gasteiger partial charge on any atom is -0.479 e. The van der Waals surface area contributed by atoms with E-state index in [0.717, 1.165) is 26.5 Å². The first-order valence-electron chi connectivity index (χ1n) is 7.80. The zero-order valence-corrected chi connectivity index (χ0v) is 14.6. The van der Waals surface area contributed by atoms with Gasteiger partial charge in [-0.2, -0.15) is 10.5 Å². The number of aromatic nitrogens is 2. The van der Waals surface area contributed by atoms with Crippen LogP contribution in [0.3, 0.4) is 0 Å². The monoisotopic (exact) mass is 353 g/mol. The van der Waals surface area contributed by atoms with Gasteiger partial charge in [-0.1, -0.05) is 0 Å². The smallest absolute Gasteiger partial charge is 0.250 e. The van der Waals surface area contributed by atoms with E-state index in [9.17, 15) is 10.5 Å². The third kappa shape index (κ3) is 2.23. The van der Waals surface area contributed by atoms with Crippen molar-refractivity contribution in [1.29, 1.82) is 10.5 Å². The molecule has 2 aliphatic rings. The van der Waals surface area contributed by atoms with Gasteiger partial charge in [0.2, 0.25) is 5.88 Å². The number of nitrogens with one attached hydrogen (secondary N) is 1. The summed E-state index contributed by atoms with van der Waals surface area (Å²) in [5.74, 6) is 0.147. The van der Waals surface area contributed by atoms with E-state index in [-0.39, 0.29) is 5.92 Å². The molecule has 4 heterocycles. The topological polar surface area (TPSA) is 98.0 Å². The molecule has 0 saturated carbocycles. The van der Waals surface area contributed by atoms with Crippen molar-refractivity contribution in [3.8, 4) is 18.0 Å². The van der Waals surface area contributed by atoms with E-state index in [0.29, 0.717) is 36.8 Å². The molecular weight excluding hydrogens is 338 g/mol. The molecule has 2 aliphatic heterocycles. The minimum absolute atomic E-state index is 0.376. The van der Waals surface area contributed by atoms with Gasteiger partial charge in [-0.25, -0.2) is 0 Å². The Balaban J connectivity index is 1.91. The zero-order valence-electron chi connectivity index (χ0n) is 13.8. The number of thiophene rings is 1. The number of allylic oxidation sites excluding steroid dienone is 3. The second-order valence-corrected chi connectivity index (χ2v) is 6.93. The highest BCUT2D eigenvalue weighted by molar-refractivity contribution is 7.19. The normalized spacial score (nSPS) is 20.5. The van der Waals surface area contributed by atoms with Gasteiger partial charge in [0.15, 0.2) is 0 Å². The van der Waals surface area contributed by atoms with Gasteiger partial charge in [-0.05, 0) is 13.0 Å². The van der Waals surface area contributed by atoms with E-state index < -0.39 is 0 Å². The molecule has 1 fully saturated rings. The second kappa shape index (κ2) is 5.92. The molecule has 0 bridgehead atoms. The number of hydrogen-bond acceptors (Lipinski definition) is 7. The molecule has 0 amide bonds. The third-order valence-corrected chi connectivity index (χ3v) is 5.84. The predicted octanol–water partition coefficient (Wildman–Crippen LogP) is 2.64. The number of H-pyrrole nitrogens is 1. The van der Waals surface area contributed by atoms with E-state index >= 15 is 0 Å². The van der Waals surface area contributed by atoms with Crippen molar-refractivity contribution >= 4 is 21.6 Å². The Morgan fingerprint density at radius 1 is 1.40 bits per heavy atom. The van der Waals surface area contributed by atoms with Crippen LogP contribution in [0.4, 0.5) is 0 Å². The summed E-state index contributed by atoms with van der Waals surface area (Å²) in [5.41, 5.74) is 3.79. The van der Waals surface area contributed by atoms with Gasteiger partial charge >= 0.3 is 0 Å². The van der Waals surface area contributed by atoms with Gasteiger partial charge in [-0.15, -0.1) is 16.4 Å². The van der Waals surface area contributed by atoms with Gasteiger partial charge in [0.1, 0.15) is 4.70 Å². The lowest BCUT2D eigenvalue weighted by Gasteiger charge is -2.39. The van der Waals surface area contributed by atoms with Gasteiger partial charge in [0.05, 0.1) is 60.7 Å². The molecule has 7 nitrogen and oxygen atoms in total. The van der Waals surface area contributed by atoms with Crippen molar-refractivity contribution in [2.24, 2.45) is 0 Å². The van der Waals surface area contributed by atoms with Crippen LogP contribution in [-0.4, -0.2) is 42.0 Å². The first-order chi connectivity index (χ1) is 12.2. The van der Waals surface area contributed by atoms with Gasteiger partial charge in [-0.3, -0.25) is 5.10 Å². The van der Waals surface area contributed by atoms with Crippen molar-refractivity contribution in [2.75, 3.05) is 26.9 Å². The van der Waals surface area contributed by atoms with Gasteiger partial charge in [0.25, 0.3) is 0 Å². The number of hydrogen-bond donors (Lipinski definition) is 1. The first kappa shape index (κ1) is 15.7. The lowest BCUT2D eigenvalue weighted by molar-refractivity contribution is 0.0836. The number of rotatable bonds is 2. The summed E-state index contributed by atoms with van der Waals surface area (Å²) in [7, 11) is 1.57. The molecular formula is C17H15N5O2S. The van der Waals surface area contributed by atoms with E-state index in [1.54, 1.807) is 7.11 Å². The Morgan fingerprint density at radius 2 is 2.20 bits per heavy atom. The summed E-state index contributed by atoms with van der Waals surface area (Å²) in [6.07, 6.45) is 0. The third-order valence-electron chi connectivity index (χ3n) is 4.65. The molecule has 1 saturated heterocycles. The summed E-state index contributed by atoms with van der Waals surface area (Å²) < 4.78 is 11.7. The number of nitriles is 2. The molecule has 0 spiro atoms. The summed E-state index contributed by atoms with van der Waals surface area (Å²) in [4.78, 5) is 2.96. The average Bonchev–Trinajstić information content (AvgIpc) is 3.21. The SMILES string of the molecule is COc1n[nH]c2cc(C3C(C#N)=C(C)N4CCOCC4=C3C#N)sc12. The molecule has 0 aliphatic carbocycles. The standard InChI is InChI=1S/C17H15N5O2S/c1-9-10(6-18)15(11(7-19)13-8-24-4-3-22(9)13)14-5-12-16(25-14)17(23-2)21-20-12/h5,15H,3-4,8H2,1-2H3,(H,20,21). The van der Waals surface area contributed by atoms with Crippen LogP contribution >= 0.6 is 11.3 Å².